The summed E-state index contributed by atoms with van der Waals surface area (Å²) in [7, 11) is -2.65. The molecule has 4 fully saturated rings. The zero-order valence-electron chi connectivity index (χ0n) is 32.3. The highest BCUT2D eigenvalue weighted by molar-refractivity contribution is 7.91. The van der Waals surface area contributed by atoms with Gasteiger partial charge >= 0.3 is 6.09 Å². The third-order valence-corrected chi connectivity index (χ3v) is 14.4. The van der Waals surface area contributed by atoms with Crippen LogP contribution in [0.5, 0.6) is 0 Å². The van der Waals surface area contributed by atoms with Gasteiger partial charge in [-0.2, -0.15) is 0 Å². The smallest absolute Gasteiger partial charge is 0.407 e. The Kier molecular flexibility index (Phi) is 11.6. The fourth-order valence-corrected chi connectivity index (χ4v) is 11.3. The molecule has 13 heteroatoms. The van der Waals surface area contributed by atoms with Crippen molar-refractivity contribution in [2.45, 2.75) is 66.7 Å². The van der Waals surface area contributed by atoms with Gasteiger partial charge in [-0.25, -0.2) is 22.0 Å². The molecule has 300 valence electrons. The van der Waals surface area contributed by atoms with Crippen LogP contribution in [0.25, 0.3) is 0 Å². The number of hydrogen-bond acceptors (Lipinski definition) is 8. The van der Waals surface area contributed by atoms with E-state index in [1.54, 1.807) is 12.1 Å². The molecule has 2 N–H and O–H groups in total. The van der Waals surface area contributed by atoms with Crippen LogP contribution < -0.4 is 15.5 Å². The Morgan fingerprint density at radius 1 is 0.929 bits per heavy atom. The second kappa shape index (κ2) is 16.3. The first-order chi connectivity index (χ1) is 26.8. The molecule has 2 amide bonds. The minimum atomic E-state index is -4.04. The topological polar surface area (TPSA) is 111 Å². The maximum atomic E-state index is 15.6. The predicted molar refractivity (Wildman–Crippen MR) is 212 cm³/mol. The van der Waals surface area contributed by atoms with Crippen LogP contribution in [0, 0.1) is 28.9 Å². The monoisotopic (exact) mass is 789 g/mol. The molecule has 3 atom stereocenters. The number of hydrogen-bond donors (Lipinski definition) is 2. The molecule has 3 aliphatic heterocycles. The molecule has 0 bridgehead atoms. The number of carbonyl (C=O) groups excluding carboxylic acids is 2. The fraction of sp³-hybridized carbons (Fsp3) is 0.488. The summed E-state index contributed by atoms with van der Waals surface area (Å²) in [6, 6.07) is 17.0. The summed E-state index contributed by atoms with van der Waals surface area (Å²) in [4.78, 5) is 31.0. The Balaban J connectivity index is 1.03. The van der Waals surface area contributed by atoms with Crippen LogP contribution in [0.3, 0.4) is 0 Å². The van der Waals surface area contributed by atoms with Gasteiger partial charge in [-0.3, -0.25) is 4.79 Å². The molecule has 0 spiro atoms. The van der Waals surface area contributed by atoms with Crippen molar-refractivity contribution in [1.29, 1.82) is 0 Å². The summed E-state index contributed by atoms with van der Waals surface area (Å²) >= 11 is 0. The zero-order valence-corrected chi connectivity index (χ0v) is 33.1. The van der Waals surface area contributed by atoms with E-state index in [-0.39, 0.29) is 44.3 Å². The first-order valence-electron chi connectivity index (χ1n) is 19.7. The van der Waals surface area contributed by atoms with Gasteiger partial charge in [0.05, 0.1) is 22.6 Å². The van der Waals surface area contributed by atoms with E-state index in [9.17, 15) is 18.0 Å². The van der Waals surface area contributed by atoms with E-state index < -0.39 is 27.7 Å². The fourth-order valence-electron chi connectivity index (χ4n) is 10.0. The van der Waals surface area contributed by atoms with Gasteiger partial charge in [-0.1, -0.05) is 38.1 Å². The summed E-state index contributed by atoms with van der Waals surface area (Å²) < 4.78 is 62.5. The largest absolute Gasteiger partial charge is 0.453 e. The molecule has 0 unspecified atom stereocenters. The zero-order chi connectivity index (χ0) is 39.7. The minimum Gasteiger partial charge on any atom is -0.453 e. The van der Waals surface area contributed by atoms with E-state index in [1.807, 2.05) is 11.0 Å². The summed E-state index contributed by atoms with van der Waals surface area (Å²) in [6.45, 7) is 12.4. The van der Waals surface area contributed by atoms with E-state index in [0.29, 0.717) is 24.5 Å². The van der Waals surface area contributed by atoms with E-state index in [0.717, 1.165) is 95.5 Å². The lowest BCUT2D eigenvalue weighted by molar-refractivity contribution is -0.111. The van der Waals surface area contributed by atoms with Crippen molar-refractivity contribution in [2.75, 3.05) is 69.7 Å². The van der Waals surface area contributed by atoms with Crippen molar-refractivity contribution >= 4 is 33.2 Å². The number of anilines is 2. The molecule has 7 rings (SSSR count). The number of methoxy groups -OCH3 is 1. The molecule has 3 saturated heterocycles. The highest BCUT2D eigenvalue weighted by atomic mass is 32.2. The molecule has 0 radical (unpaired) electrons. The van der Waals surface area contributed by atoms with Crippen LogP contribution in [-0.2, 0) is 24.8 Å². The predicted octanol–water partition coefficient (Wildman–Crippen LogP) is 6.63. The lowest BCUT2D eigenvalue weighted by atomic mass is 9.57. The van der Waals surface area contributed by atoms with E-state index in [2.05, 4.69) is 40.0 Å². The number of ether oxygens (including phenoxy) is 1. The van der Waals surface area contributed by atoms with Crippen LogP contribution in [0.2, 0.25) is 0 Å². The van der Waals surface area contributed by atoms with Gasteiger partial charge in [0, 0.05) is 48.7 Å². The average molecular weight is 790 g/mol. The number of carbonyl (C=O) groups is 2. The van der Waals surface area contributed by atoms with Gasteiger partial charge in [0.15, 0.2) is 0 Å². The van der Waals surface area contributed by atoms with Crippen molar-refractivity contribution in [3.05, 3.63) is 96.6 Å². The quantitative estimate of drug-likeness (QED) is 0.186. The lowest BCUT2D eigenvalue weighted by Gasteiger charge is -2.55. The third-order valence-electron chi connectivity index (χ3n) is 12.7. The molecule has 3 aromatic rings. The Morgan fingerprint density at radius 3 is 2.32 bits per heavy atom. The van der Waals surface area contributed by atoms with E-state index in [4.69, 9.17) is 4.74 Å². The highest BCUT2D eigenvalue weighted by Crippen LogP contribution is 2.52. The maximum Gasteiger partial charge on any atom is 0.407 e. The van der Waals surface area contributed by atoms with Crippen LogP contribution in [0.15, 0.2) is 89.2 Å². The van der Waals surface area contributed by atoms with Gasteiger partial charge in [0.2, 0.25) is 15.7 Å². The SMILES string of the molecule is C=CC(=O)Nc1cccc(S(=O)(=O)c2ccc(N3CC(C)(CN4CCC([C@@](CN5CCC5)(c5cccc(F)c5)[C@H]5CCC[C@@H]5NC(=O)OC)CC4)C3)c(F)c2)c1. The summed E-state index contributed by atoms with van der Waals surface area (Å²) in [6.07, 6.45) is 6.54. The van der Waals surface area contributed by atoms with Gasteiger partial charge in [-0.05, 0) is 130 Å². The first kappa shape index (κ1) is 39.9. The minimum absolute atomic E-state index is 0.0534. The normalized spacial score (nSPS) is 22.7. The highest BCUT2D eigenvalue weighted by Gasteiger charge is 2.53. The van der Waals surface area contributed by atoms with Crippen LogP contribution >= 0.6 is 0 Å². The van der Waals surface area contributed by atoms with Crippen molar-refractivity contribution in [3.63, 3.8) is 0 Å². The average Bonchev–Trinajstić information content (AvgIpc) is 3.62. The number of nitrogens with zero attached hydrogens (tertiary/aromatic N) is 3. The second-order valence-corrected chi connectivity index (χ2v) is 18.5. The second-order valence-electron chi connectivity index (χ2n) is 16.5. The number of amides is 2. The van der Waals surface area contributed by atoms with Gasteiger partial charge < -0.3 is 30.1 Å². The molecule has 3 aromatic carbocycles. The summed E-state index contributed by atoms with van der Waals surface area (Å²) in [5.41, 5.74) is 1.27. The molecule has 1 aliphatic carbocycles. The Hall–Kier alpha value is -4.33. The van der Waals surface area contributed by atoms with Crippen molar-refractivity contribution in [1.82, 2.24) is 15.1 Å². The number of rotatable bonds is 13. The van der Waals surface area contributed by atoms with Gasteiger partial charge in [0.25, 0.3) is 0 Å². The maximum absolute atomic E-state index is 15.6. The summed E-state index contributed by atoms with van der Waals surface area (Å²) in [5.74, 6) is -0.878. The van der Waals surface area contributed by atoms with Gasteiger partial charge in [0.1, 0.15) is 11.6 Å². The molecular weight excluding hydrogens is 737 g/mol. The molecule has 1 saturated carbocycles. The molecule has 56 heavy (non-hydrogen) atoms. The first-order valence-corrected chi connectivity index (χ1v) is 21.2. The van der Waals surface area contributed by atoms with E-state index in [1.165, 1.54) is 43.5 Å². The molecule has 0 aromatic heterocycles. The number of likely N-dealkylation sites (tertiary alicyclic amines) is 2. The number of halogens is 2. The Labute approximate surface area is 329 Å². The van der Waals surface area contributed by atoms with Crippen molar-refractivity contribution < 1.29 is 31.5 Å². The van der Waals surface area contributed by atoms with Crippen LogP contribution in [-0.4, -0.2) is 95.7 Å². The van der Waals surface area contributed by atoms with Gasteiger partial charge in [-0.15, -0.1) is 0 Å². The molecular formula is C43H53F2N5O5S. The number of benzene rings is 3. The number of piperidine rings is 1. The lowest BCUT2D eigenvalue weighted by Crippen LogP contribution is -2.62. The molecule has 4 aliphatic rings. The number of sulfone groups is 1. The Morgan fingerprint density at radius 2 is 1.66 bits per heavy atom. The standard InChI is InChI=1S/C43H53F2N5O5S/c1-4-40(51)46-33-11-6-12-34(24-33)56(53,54)35-15-16-39(37(45)25-35)50-27-42(2,28-50)26-49-21-17-30(18-22-49)43(29-48-19-8-20-48,31-9-5-10-32(44)23-31)36-13-7-14-38(36)47-41(52)55-3/h4-6,9-12,15-16,23-25,30,36,38H,1,7-8,13-14,17-22,26-29H2,2-3H3,(H,46,51)(H,47,52)/t36-,38-,43-/m0/s1. The molecule has 10 nitrogen and oxygen atoms in total. The summed E-state index contributed by atoms with van der Waals surface area (Å²) in [5, 5.41) is 5.72. The number of alkyl carbamates (subject to hydrolysis) is 1. The molecule has 3 heterocycles. The van der Waals surface area contributed by atoms with Crippen LogP contribution in [0.4, 0.5) is 25.0 Å². The number of nitrogens with one attached hydrogen (secondary N) is 2. The third kappa shape index (κ3) is 8.08. The Bertz CT molecular complexity index is 2050. The van der Waals surface area contributed by atoms with Crippen LogP contribution in [0.1, 0.15) is 51.0 Å². The van der Waals surface area contributed by atoms with Crippen molar-refractivity contribution in [3.8, 4) is 0 Å². The van der Waals surface area contributed by atoms with E-state index >= 15 is 8.78 Å². The van der Waals surface area contributed by atoms with Crippen molar-refractivity contribution in [2.24, 2.45) is 17.3 Å².